The Balaban J connectivity index is 1.69. The van der Waals surface area contributed by atoms with Crippen LogP contribution < -0.4 is 0 Å². The van der Waals surface area contributed by atoms with Crippen LogP contribution in [0.2, 0.25) is 0 Å². The minimum atomic E-state index is -0.0917. The van der Waals surface area contributed by atoms with E-state index in [1.165, 1.54) is 11.8 Å². The molecule has 1 aliphatic rings. The summed E-state index contributed by atoms with van der Waals surface area (Å²) in [6.07, 6.45) is 5.70. The highest BCUT2D eigenvalue weighted by Crippen LogP contribution is 2.26. The Hall–Kier alpha value is -1.69. The summed E-state index contributed by atoms with van der Waals surface area (Å²) in [5.41, 5.74) is 2.36. The number of carbonyl (C=O) groups is 1. The monoisotopic (exact) mass is 317 g/mol. The standard InChI is InChI=1S/C16H19N3O2S/c1-16(2,3)14-18-10(8-21-14)9-22-15-17-7-11-12(19-15)5-4-6-13(11)20/h7-8H,4-6,9H2,1-3H3. The molecule has 0 bridgehead atoms. The topological polar surface area (TPSA) is 68.9 Å². The van der Waals surface area contributed by atoms with E-state index >= 15 is 0 Å². The quantitative estimate of drug-likeness (QED) is 0.636. The minimum absolute atomic E-state index is 0.0917. The first-order valence-corrected chi connectivity index (χ1v) is 8.39. The fourth-order valence-corrected chi connectivity index (χ4v) is 3.01. The molecule has 0 aliphatic heterocycles. The predicted molar refractivity (Wildman–Crippen MR) is 84.1 cm³/mol. The number of nitrogens with zero attached hydrogens (tertiary/aromatic N) is 3. The SMILES string of the molecule is CC(C)(C)c1nc(CSc2ncc3c(n2)CCCC3=O)co1. The zero-order valence-corrected chi connectivity index (χ0v) is 13.9. The van der Waals surface area contributed by atoms with Gasteiger partial charge in [-0.25, -0.2) is 15.0 Å². The van der Waals surface area contributed by atoms with Gasteiger partial charge < -0.3 is 4.42 Å². The summed E-state index contributed by atoms with van der Waals surface area (Å²) in [6, 6.07) is 0. The number of rotatable bonds is 3. The third kappa shape index (κ3) is 3.21. The van der Waals surface area contributed by atoms with E-state index in [-0.39, 0.29) is 11.2 Å². The van der Waals surface area contributed by atoms with E-state index in [4.69, 9.17) is 4.42 Å². The molecule has 2 heterocycles. The molecule has 2 aromatic rings. The highest BCUT2D eigenvalue weighted by molar-refractivity contribution is 7.98. The molecule has 116 valence electrons. The first-order valence-electron chi connectivity index (χ1n) is 7.40. The number of thioether (sulfide) groups is 1. The Bertz CT molecular complexity index is 704. The lowest BCUT2D eigenvalue weighted by Gasteiger charge is -2.13. The fourth-order valence-electron chi connectivity index (χ4n) is 2.30. The van der Waals surface area contributed by atoms with E-state index in [1.54, 1.807) is 12.5 Å². The van der Waals surface area contributed by atoms with Crippen LogP contribution in [0.25, 0.3) is 0 Å². The predicted octanol–water partition coefficient (Wildman–Crippen LogP) is 3.57. The first kappa shape index (κ1) is 15.2. The molecule has 1 aliphatic carbocycles. The van der Waals surface area contributed by atoms with Crippen molar-refractivity contribution in [2.75, 3.05) is 0 Å². The summed E-state index contributed by atoms with van der Waals surface area (Å²) in [4.78, 5) is 25.1. The third-order valence-corrected chi connectivity index (χ3v) is 4.40. The van der Waals surface area contributed by atoms with Gasteiger partial charge >= 0.3 is 0 Å². The molecule has 0 aromatic carbocycles. The molecule has 5 nitrogen and oxygen atoms in total. The number of oxazole rings is 1. The van der Waals surface area contributed by atoms with Crippen LogP contribution in [0.5, 0.6) is 0 Å². The Kier molecular flexibility index (Phi) is 4.04. The Labute approximate surface area is 134 Å². The summed E-state index contributed by atoms with van der Waals surface area (Å²) >= 11 is 1.52. The van der Waals surface area contributed by atoms with Crippen LogP contribution in [0.15, 0.2) is 22.0 Å². The number of aromatic nitrogens is 3. The summed E-state index contributed by atoms with van der Waals surface area (Å²) in [5.74, 6) is 1.55. The zero-order chi connectivity index (χ0) is 15.7. The Morgan fingerprint density at radius 3 is 2.82 bits per heavy atom. The fraction of sp³-hybridized carbons (Fsp3) is 0.500. The van der Waals surface area contributed by atoms with Crippen LogP contribution in [-0.4, -0.2) is 20.7 Å². The Morgan fingerprint density at radius 1 is 1.27 bits per heavy atom. The van der Waals surface area contributed by atoms with Crippen molar-refractivity contribution in [1.29, 1.82) is 0 Å². The molecule has 0 N–H and O–H groups in total. The second-order valence-electron chi connectivity index (χ2n) is 6.47. The molecule has 0 unspecified atom stereocenters. The van der Waals surface area contributed by atoms with Gasteiger partial charge in [0, 0.05) is 23.8 Å². The van der Waals surface area contributed by atoms with Crippen molar-refractivity contribution in [3.8, 4) is 0 Å². The van der Waals surface area contributed by atoms with Crippen molar-refractivity contribution in [1.82, 2.24) is 15.0 Å². The van der Waals surface area contributed by atoms with E-state index in [0.717, 1.165) is 30.1 Å². The summed E-state index contributed by atoms with van der Waals surface area (Å²) < 4.78 is 5.51. The summed E-state index contributed by atoms with van der Waals surface area (Å²) in [5, 5.41) is 0.689. The molecule has 0 saturated heterocycles. The maximum absolute atomic E-state index is 11.8. The lowest BCUT2D eigenvalue weighted by molar-refractivity contribution is 0.0970. The smallest absolute Gasteiger partial charge is 0.199 e. The lowest BCUT2D eigenvalue weighted by atomic mass is 9.96. The van der Waals surface area contributed by atoms with E-state index in [2.05, 4.69) is 35.7 Å². The van der Waals surface area contributed by atoms with Gasteiger partial charge in [0.05, 0.1) is 17.0 Å². The molecule has 6 heteroatoms. The maximum atomic E-state index is 11.8. The van der Waals surface area contributed by atoms with Gasteiger partial charge in [0.25, 0.3) is 0 Å². The second-order valence-corrected chi connectivity index (χ2v) is 7.41. The zero-order valence-electron chi connectivity index (χ0n) is 13.0. The molecule has 0 saturated carbocycles. The molecule has 0 spiro atoms. The highest BCUT2D eigenvalue weighted by atomic mass is 32.2. The average molecular weight is 317 g/mol. The van der Waals surface area contributed by atoms with Crippen LogP contribution in [0.3, 0.4) is 0 Å². The number of hydrogen-bond donors (Lipinski definition) is 0. The van der Waals surface area contributed by atoms with Gasteiger partial charge in [-0.15, -0.1) is 0 Å². The van der Waals surface area contributed by atoms with Gasteiger partial charge in [-0.05, 0) is 12.8 Å². The van der Waals surface area contributed by atoms with Crippen molar-refractivity contribution >= 4 is 17.5 Å². The molecular weight excluding hydrogens is 298 g/mol. The highest BCUT2D eigenvalue weighted by Gasteiger charge is 2.21. The maximum Gasteiger partial charge on any atom is 0.199 e. The van der Waals surface area contributed by atoms with Crippen LogP contribution in [0.1, 0.15) is 61.2 Å². The van der Waals surface area contributed by atoms with Gasteiger partial charge in [-0.3, -0.25) is 4.79 Å². The molecular formula is C16H19N3O2S. The van der Waals surface area contributed by atoms with E-state index in [0.29, 0.717) is 22.9 Å². The van der Waals surface area contributed by atoms with E-state index < -0.39 is 0 Å². The molecule has 3 rings (SSSR count). The average Bonchev–Trinajstić information content (AvgIpc) is 2.94. The van der Waals surface area contributed by atoms with Crippen molar-refractivity contribution in [2.24, 2.45) is 0 Å². The van der Waals surface area contributed by atoms with Crippen molar-refractivity contribution in [2.45, 2.75) is 56.4 Å². The van der Waals surface area contributed by atoms with Crippen LogP contribution in [0.4, 0.5) is 0 Å². The summed E-state index contributed by atoms with van der Waals surface area (Å²) in [6.45, 7) is 6.21. The van der Waals surface area contributed by atoms with Gasteiger partial charge in [-0.1, -0.05) is 32.5 Å². The number of Topliss-reactive ketones (excluding diaryl/α,β-unsaturated/α-hetero) is 1. The number of aryl methyl sites for hydroxylation is 1. The minimum Gasteiger partial charge on any atom is -0.448 e. The van der Waals surface area contributed by atoms with Crippen LogP contribution in [0, 0.1) is 0 Å². The van der Waals surface area contributed by atoms with Crippen molar-refractivity contribution in [3.63, 3.8) is 0 Å². The lowest BCUT2D eigenvalue weighted by Crippen LogP contribution is -2.13. The van der Waals surface area contributed by atoms with Gasteiger partial charge in [0.2, 0.25) is 0 Å². The van der Waals surface area contributed by atoms with Gasteiger partial charge in [0.1, 0.15) is 6.26 Å². The number of fused-ring (bicyclic) bond motifs is 1. The van der Waals surface area contributed by atoms with Gasteiger partial charge in [0.15, 0.2) is 16.8 Å². The largest absolute Gasteiger partial charge is 0.448 e. The molecule has 0 fully saturated rings. The van der Waals surface area contributed by atoms with E-state index in [9.17, 15) is 4.79 Å². The normalized spacial score (nSPS) is 15.0. The number of ketones is 1. The molecule has 22 heavy (non-hydrogen) atoms. The molecule has 0 radical (unpaired) electrons. The summed E-state index contributed by atoms with van der Waals surface area (Å²) in [7, 11) is 0. The van der Waals surface area contributed by atoms with Crippen LogP contribution in [-0.2, 0) is 17.6 Å². The third-order valence-electron chi connectivity index (χ3n) is 3.51. The number of hydrogen-bond acceptors (Lipinski definition) is 6. The van der Waals surface area contributed by atoms with Gasteiger partial charge in [-0.2, -0.15) is 0 Å². The van der Waals surface area contributed by atoms with Crippen molar-refractivity contribution in [3.05, 3.63) is 35.3 Å². The molecule has 0 amide bonds. The molecule has 2 aromatic heterocycles. The van der Waals surface area contributed by atoms with E-state index in [1.807, 2.05) is 0 Å². The first-order chi connectivity index (χ1) is 10.4. The van der Waals surface area contributed by atoms with Crippen molar-refractivity contribution < 1.29 is 9.21 Å². The second kappa shape index (κ2) is 5.83. The van der Waals surface area contributed by atoms with Crippen LogP contribution >= 0.6 is 11.8 Å². The Morgan fingerprint density at radius 2 is 2.09 bits per heavy atom. The molecule has 0 atom stereocenters. The number of carbonyl (C=O) groups excluding carboxylic acids is 1.